The van der Waals surface area contributed by atoms with Gasteiger partial charge in [-0.25, -0.2) is 4.99 Å². The van der Waals surface area contributed by atoms with E-state index >= 15 is 0 Å². The molecule has 7 nitrogen and oxygen atoms in total. The van der Waals surface area contributed by atoms with Gasteiger partial charge in [0.05, 0.1) is 5.57 Å². The van der Waals surface area contributed by atoms with E-state index in [4.69, 9.17) is 10.5 Å². The Morgan fingerprint density at radius 2 is 1.53 bits per heavy atom. The van der Waals surface area contributed by atoms with Gasteiger partial charge in [-0.05, 0) is 102 Å². The van der Waals surface area contributed by atoms with E-state index in [1.165, 1.54) is 57.5 Å². The third-order valence-electron chi connectivity index (χ3n) is 7.80. The number of aryl methyl sites for hydroxylation is 1. The van der Waals surface area contributed by atoms with Gasteiger partial charge in [0.1, 0.15) is 12.6 Å². The lowest BCUT2D eigenvalue weighted by atomic mass is 10.0. The first-order valence-electron chi connectivity index (χ1n) is 16.1. The van der Waals surface area contributed by atoms with Gasteiger partial charge in [-0.15, -0.1) is 13.2 Å². The van der Waals surface area contributed by atoms with Crippen molar-refractivity contribution in [3.05, 3.63) is 96.2 Å². The number of carbonyl (C=O) groups is 2. The second-order valence-electron chi connectivity index (χ2n) is 10.8. The van der Waals surface area contributed by atoms with E-state index in [2.05, 4.69) is 73.1 Å². The van der Waals surface area contributed by atoms with E-state index in [1.54, 1.807) is 6.20 Å². The Morgan fingerprint density at radius 1 is 0.978 bits per heavy atom. The van der Waals surface area contributed by atoms with Gasteiger partial charge >= 0.3 is 0 Å². The molecule has 248 valence electrons. The van der Waals surface area contributed by atoms with Crippen LogP contribution in [0.5, 0.6) is 0 Å². The molecule has 1 heterocycles. The Labute approximate surface area is 274 Å². The third kappa shape index (κ3) is 15.2. The number of carbonyl (C=O) groups excluding carboxylic acids is 2. The molecular weight excluding hydrogens is 558 g/mol. The van der Waals surface area contributed by atoms with Crippen molar-refractivity contribution in [1.29, 1.82) is 0 Å². The number of benzene rings is 2. The highest BCUT2D eigenvalue weighted by Gasteiger charge is 2.22. The van der Waals surface area contributed by atoms with Crippen LogP contribution in [0.4, 0.5) is 5.69 Å². The summed E-state index contributed by atoms with van der Waals surface area (Å²) in [5.74, 6) is -0.0302. The molecular formula is C38H59N5O2. The lowest BCUT2D eigenvalue weighted by Crippen LogP contribution is -2.44. The predicted octanol–water partition coefficient (Wildman–Crippen LogP) is 7.90. The second-order valence-corrected chi connectivity index (χ2v) is 10.8. The van der Waals surface area contributed by atoms with Gasteiger partial charge in [0.25, 0.3) is 5.91 Å². The first-order chi connectivity index (χ1) is 21.7. The number of nitrogens with two attached hydrogens (primary N) is 1. The fraction of sp³-hybridized carbons (Fsp3) is 0.447. The summed E-state index contributed by atoms with van der Waals surface area (Å²) in [5, 5.41) is 2.89. The van der Waals surface area contributed by atoms with E-state index in [9.17, 15) is 4.79 Å². The van der Waals surface area contributed by atoms with Crippen molar-refractivity contribution < 1.29 is 9.59 Å². The number of rotatable bonds is 11. The number of allylic oxidation sites excluding steroid dienone is 2. The number of anilines is 1. The minimum absolute atomic E-state index is 0.217. The molecule has 0 bridgehead atoms. The molecule has 3 N–H and O–H groups in total. The quantitative estimate of drug-likeness (QED) is 0.116. The van der Waals surface area contributed by atoms with Crippen LogP contribution in [0, 0.1) is 6.92 Å². The van der Waals surface area contributed by atoms with E-state index in [0.717, 1.165) is 28.4 Å². The minimum atomic E-state index is -0.247. The molecule has 2 aromatic rings. The number of likely N-dealkylation sites (tertiary alicyclic amines) is 1. The Bertz CT molecular complexity index is 1170. The van der Waals surface area contributed by atoms with Crippen LogP contribution in [0.1, 0.15) is 78.4 Å². The second kappa shape index (κ2) is 24.5. The molecule has 1 fully saturated rings. The zero-order chi connectivity index (χ0) is 34.2. The van der Waals surface area contributed by atoms with Crippen molar-refractivity contribution in [3.8, 4) is 0 Å². The fourth-order valence-corrected chi connectivity index (χ4v) is 5.11. The van der Waals surface area contributed by atoms with Crippen molar-refractivity contribution in [1.82, 2.24) is 9.80 Å². The summed E-state index contributed by atoms with van der Waals surface area (Å²) < 4.78 is 0. The Kier molecular flexibility index (Phi) is 22.4. The number of nitrogens with zero attached hydrogens (tertiary/aromatic N) is 3. The van der Waals surface area contributed by atoms with Crippen molar-refractivity contribution in [2.75, 3.05) is 38.0 Å². The molecule has 0 atom stereocenters. The topological polar surface area (TPSA) is 91.0 Å². The standard InChI is InChI=1S/C23H27N3O.C12H26N2.C2H4.CH2O/c1-5-17(3)21(23(27)26-20-9-7-6-8-10-20)22(24)25-15-18(4)19-13-11-16(2)12-14-19;1-4-9-13-10-7-12(8-11-13)14(5-2)6-3;2*1-2/h6-15H,5H2,1-4H3,(H2,24,25)(H,26,27);12H,4-11H2,1-3H3;1-2H2;1H2/b18-15+,21-17-;;;. The molecule has 1 saturated heterocycles. The maximum atomic E-state index is 12.8. The number of piperidine rings is 1. The summed E-state index contributed by atoms with van der Waals surface area (Å²) in [6.07, 6.45) is 6.48. The summed E-state index contributed by atoms with van der Waals surface area (Å²) in [4.78, 5) is 30.4. The highest BCUT2D eigenvalue weighted by Crippen LogP contribution is 2.18. The van der Waals surface area contributed by atoms with Crippen molar-refractivity contribution >= 4 is 29.8 Å². The van der Waals surface area contributed by atoms with Gasteiger partial charge in [-0.3, -0.25) is 4.79 Å². The van der Waals surface area contributed by atoms with Crippen LogP contribution in [-0.4, -0.2) is 67.1 Å². The molecule has 3 rings (SSSR count). The van der Waals surface area contributed by atoms with Crippen LogP contribution in [0.25, 0.3) is 5.57 Å². The van der Waals surface area contributed by atoms with Gasteiger partial charge in [-0.1, -0.05) is 81.3 Å². The molecule has 0 unspecified atom stereocenters. The predicted molar refractivity (Wildman–Crippen MR) is 196 cm³/mol. The molecule has 0 saturated carbocycles. The highest BCUT2D eigenvalue weighted by atomic mass is 16.1. The number of hydrogen-bond donors (Lipinski definition) is 2. The maximum Gasteiger partial charge on any atom is 0.259 e. The average molecular weight is 618 g/mol. The zero-order valence-electron chi connectivity index (χ0n) is 29.1. The van der Waals surface area contributed by atoms with Gasteiger partial charge in [0, 0.05) is 17.9 Å². The lowest BCUT2D eigenvalue weighted by molar-refractivity contribution is -0.112. The SMILES string of the molecule is C=C.C=O.CC/C(C)=C(C(=O)Nc1ccccc1)/C(N)=N/C=C(\C)c1ccc(C)cc1.CCCN1CCC(N(CC)CC)CC1. The Hall–Kier alpha value is -3.81. The van der Waals surface area contributed by atoms with Crippen LogP contribution in [0.3, 0.4) is 0 Å². The van der Waals surface area contributed by atoms with E-state index in [-0.39, 0.29) is 11.7 Å². The third-order valence-corrected chi connectivity index (χ3v) is 7.80. The molecule has 0 aliphatic carbocycles. The van der Waals surface area contributed by atoms with Gasteiger partial charge in [0.15, 0.2) is 0 Å². The lowest BCUT2D eigenvalue weighted by Gasteiger charge is -2.37. The number of amidine groups is 1. The summed E-state index contributed by atoms with van der Waals surface area (Å²) in [7, 11) is 0. The van der Waals surface area contributed by atoms with Crippen molar-refractivity contribution in [3.63, 3.8) is 0 Å². The van der Waals surface area contributed by atoms with E-state index in [1.807, 2.05) is 70.0 Å². The smallest absolute Gasteiger partial charge is 0.259 e. The Morgan fingerprint density at radius 3 is 2.02 bits per heavy atom. The van der Waals surface area contributed by atoms with Crippen LogP contribution >= 0.6 is 0 Å². The highest BCUT2D eigenvalue weighted by molar-refractivity contribution is 6.24. The summed E-state index contributed by atoms with van der Waals surface area (Å²) in [5.41, 5.74) is 11.5. The van der Waals surface area contributed by atoms with Gasteiger partial charge < -0.3 is 25.6 Å². The summed E-state index contributed by atoms with van der Waals surface area (Å²) in [6, 6.07) is 18.4. The number of nitrogens with one attached hydrogen (secondary N) is 1. The average Bonchev–Trinajstić information content (AvgIpc) is 3.08. The van der Waals surface area contributed by atoms with Crippen LogP contribution in [0.15, 0.2) is 90.1 Å². The summed E-state index contributed by atoms with van der Waals surface area (Å²) in [6.45, 7) is 29.1. The molecule has 1 amide bonds. The van der Waals surface area contributed by atoms with Crippen LogP contribution < -0.4 is 11.1 Å². The number of hydrogen-bond acceptors (Lipinski definition) is 5. The van der Waals surface area contributed by atoms with E-state index < -0.39 is 0 Å². The fourth-order valence-electron chi connectivity index (χ4n) is 5.11. The molecule has 0 radical (unpaired) electrons. The normalized spacial score (nSPS) is 14.5. The monoisotopic (exact) mass is 617 g/mol. The van der Waals surface area contributed by atoms with Crippen LogP contribution in [-0.2, 0) is 9.59 Å². The molecule has 45 heavy (non-hydrogen) atoms. The number of para-hydroxylation sites is 1. The number of aliphatic imine (C=N–C) groups is 1. The first-order valence-corrected chi connectivity index (χ1v) is 16.1. The molecule has 0 spiro atoms. The molecule has 7 heteroatoms. The molecule has 1 aliphatic rings. The van der Waals surface area contributed by atoms with E-state index in [0.29, 0.717) is 12.0 Å². The molecule has 2 aromatic carbocycles. The maximum absolute atomic E-state index is 12.8. The zero-order valence-corrected chi connectivity index (χ0v) is 29.1. The van der Waals surface area contributed by atoms with Gasteiger partial charge in [0.2, 0.25) is 0 Å². The largest absolute Gasteiger partial charge is 0.383 e. The molecule has 0 aromatic heterocycles. The molecule has 1 aliphatic heterocycles. The van der Waals surface area contributed by atoms with Crippen molar-refractivity contribution in [2.24, 2.45) is 10.7 Å². The van der Waals surface area contributed by atoms with Crippen molar-refractivity contribution in [2.45, 2.75) is 80.2 Å². The first kappa shape index (κ1) is 41.2. The Balaban J connectivity index is 0.000000904. The van der Waals surface area contributed by atoms with Gasteiger partial charge in [-0.2, -0.15) is 0 Å². The number of amides is 1. The van der Waals surface area contributed by atoms with Crippen LogP contribution in [0.2, 0.25) is 0 Å². The summed E-state index contributed by atoms with van der Waals surface area (Å²) >= 11 is 0. The minimum Gasteiger partial charge on any atom is -0.383 e.